The van der Waals surface area contributed by atoms with E-state index in [4.69, 9.17) is 4.74 Å². The first-order valence-electron chi connectivity index (χ1n) is 9.45. The topological polar surface area (TPSA) is 26.2 Å². The molecule has 2 aromatic carbocycles. The lowest BCUT2D eigenvalue weighted by molar-refractivity contribution is 0.289. The average Bonchev–Trinajstić information content (AvgIpc) is 2.82. The van der Waals surface area contributed by atoms with Crippen molar-refractivity contribution in [2.24, 2.45) is 0 Å². The largest absolute Gasteiger partial charge is 0.493 e. The van der Waals surface area contributed by atoms with Crippen LogP contribution in [0.15, 0.2) is 42.5 Å². The Morgan fingerprint density at radius 1 is 0.920 bits per heavy atom. The molecule has 128 valence electrons. The predicted octanol–water partition coefficient (Wildman–Crippen LogP) is 3.70. The predicted molar refractivity (Wildman–Crippen MR) is 102 cm³/mol. The number of ether oxygens (including phenoxy) is 1. The van der Waals surface area contributed by atoms with Gasteiger partial charge in [-0.05, 0) is 49.1 Å². The van der Waals surface area contributed by atoms with E-state index in [2.05, 4.69) is 52.3 Å². The summed E-state index contributed by atoms with van der Waals surface area (Å²) < 4.78 is 8.51. The summed E-state index contributed by atoms with van der Waals surface area (Å²) in [5, 5.41) is 5.05. The van der Waals surface area contributed by atoms with Crippen LogP contribution in [0.4, 0.5) is 0 Å². The monoisotopic (exact) mass is 332 g/mol. The molecule has 3 heteroatoms. The van der Waals surface area contributed by atoms with E-state index in [1.54, 1.807) is 5.56 Å². The van der Waals surface area contributed by atoms with Gasteiger partial charge in [-0.1, -0.05) is 30.3 Å². The highest BCUT2D eigenvalue weighted by Crippen LogP contribution is 2.38. The van der Waals surface area contributed by atoms with Gasteiger partial charge in [0.2, 0.25) is 0 Å². The molecule has 0 aliphatic carbocycles. The van der Waals surface area contributed by atoms with Crippen molar-refractivity contribution >= 4 is 10.9 Å². The maximum Gasteiger partial charge on any atom is 0.123 e. The van der Waals surface area contributed by atoms with Crippen LogP contribution in [0.3, 0.4) is 0 Å². The van der Waals surface area contributed by atoms with Crippen molar-refractivity contribution in [3.63, 3.8) is 0 Å². The first-order valence-corrected chi connectivity index (χ1v) is 9.45. The Morgan fingerprint density at radius 2 is 1.80 bits per heavy atom. The molecule has 0 atom stereocenters. The van der Waals surface area contributed by atoms with Crippen LogP contribution in [0.2, 0.25) is 0 Å². The maximum absolute atomic E-state index is 5.96. The minimum Gasteiger partial charge on any atom is -0.493 e. The Morgan fingerprint density at radius 3 is 2.72 bits per heavy atom. The van der Waals surface area contributed by atoms with Crippen LogP contribution in [-0.4, -0.2) is 24.3 Å². The van der Waals surface area contributed by atoms with E-state index in [0.717, 1.165) is 57.7 Å². The first-order chi connectivity index (χ1) is 12.4. The zero-order chi connectivity index (χ0) is 16.6. The standard InChI is InChI=1S/C22H24N2O/c1-2-5-16(6-3-1)15-24-19-11-13-23-12-10-17(19)22-18-7-4-14-25-21(18)9-8-20(22)24/h1-3,5-6,8-9,23H,4,7,10-15H2. The number of nitrogens with zero attached hydrogens (tertiary/aromatic N) is 1. The number of hydrogen-bond donors (Lipinski definition) is 1. The fourth-order valence-corrected chi connectivity index (χ4v) is 4.49. The second-order valence-electron chi connectivity index (χ2n) is 7.14. The van der Waals surface area contributed by atoms with Crippen molar-refractivity contribution in [1.82, 2.24) is 9.88 Å². The minimum atomic E-state index is 0.854. The number of hydrogen-bond acceptors (Lipinski definition) is 2. The lowest BCUT2D eigenvalue weighted by Crippen LogP contribution is -2.17. The molecule has 3 nitrogen and oxygen atoms in total. The molecule has 2 aliphatic heterocycles. The summed E-state index contributed by atoms with van der Waals surface area (Å²) in [5.74, 6) is 1.11. The van der Waals surface area contributed by atoms with E-state index >= 15 is 0 Å². The summed E-state index contributed by atoms with van der Waals surface area (Å²) >= 11 is 0. The number of nitrogens with one attached hydrogen (secondary N) is 1. The molecule has 2 aliphatic rings. The lowest BCUT2D eigenvalue weighted by Gasteiger charge is -2.19. The van der Waals surface area contributed by atoms with Crippen molar-refractivity contribution in [3.8, 4) is 5.75 Å². The number of rotatable bonds is 2. The molecular formula is C22H24N2O. The lowest BCUT2D eigenvalue weighted by atomic mass is 9.97. The summed E-state index contributed by atoms with van der Waals surface area (Å²) in [5.41, 5.74) is 7.27. The van der Waals surface area contributed by atoms with Crippen LogP contribution < -0.4 is 10.1 Å². The smallest absolute Gasteiger partial charge is 0.123 e. The number of aryl methyl sites for hydroxylation is 1. The van der Waals surface area contributed by atoms with Crippen LogP contribution in [0.5, 0.6) is 5.75 Å². The van der Waals surface area contributed by atoms with Gasteiger partial charge >= 0.3 is 0 Å². The Labute approximate surface area is 148 Å². The molecule has 1 N–H and O–H groups in total. The van der Waals surface area contributed by atoms with Gasteiger partial charge in [0.15, 0.2) is 0 Å². The van der Waals surface area contributed by atoms with Crippen molar-refractivity contribution in [2.75, 3.05) is 19.7 Å². The number of benzene rings is 2. The Bertz CT molecular complexity index is 911. The third-order valence-electron chi connectivity index (χ3n) is 5.62. The van der Waals surface area contributed by atoms with Gasteiger partial charge in [0, 0.05) is 41.7 Å². The maximum atomic E-state index is 5.96. The summed E-state index contributed by atoms with van der Waals surface area (Å²) in [6, 6.07) is 15.3. The van der Waals surface area contributed by atoms with Crippen molar-refractivity contribution in [1.29, 1.82) is 0 Å². The molecule has 3 heterocycles. The van der Waals surface area contributed by atoms with Crippen LogP contribution in [-0.2, 0) is 25.8 Å². The zero-order valence-corrected chi connectivity index (χ0v) is 14.6. The molecule has 5 rings (SSSR count). The molecule has 1 aromatic heterocycles. The molecule has 0 spiro atoms. The van der Waals surface area contributed by atoms with Gasteiger partial charge in [-0.25, -0.2) is 0 Å². The molecular weight excluding hydrogens is 308 g/mol. The van der Waals surface area contributed by atoms with E-state index in [9.17, 15) is 0 Å². The van der Waals surface area contributed by atoms with Crippen LogP contribution in [0.1, 0.15) is 28.8 Å². The minimum absolute atomic E-state index is 0.854. The number of fused-ring (bicyclic) bond motifs is 5. The van der Waals surface area contributed by atoms with Crippen molar-refractivity contribution < 1.29 is 4.74 Å². The van der Waals surface area contributed by atoms with E-state index in [1.165, 1.54) is 27.7 Å². The summed E-state index contributed by atoms with van der Waals surface area (Å²) in [7, 11) is 0. The highest BCUT2D eigenvalue weighted by atomic mass is 16.5. The summed E-state index contributed by atoms with van der Waals surface area (Å²) in [4.78, 5) is 0. The fourth-order valence-electron chi connectivity index (χ4n) is 4.49. The van der Waals surface area contributed by atoms with Crippen molar-refractivity contribution in [2.45, 2.75) is 32.2 Å². The quantitative estimate of drug-likeness (QED) is 0.774. The Hall–Kier alpha value is -2.26. The highest BCUT2D eigenvalue weighted by molar-refractivity contribution is 5.91. The molecule has 0 amide bonds. The van der Waals surface area contributed by atoms with Gasteiger partial charge in [-0.3, -0.25) is 0 Å². The zero-order valence-electron chi connectivity index (χ0n) is 14.6. The van der Waals surface area contributed by atoms with Crippen LogP contribution in [0, 0.1) is 0 Å². The SMILES string of the molecule is c1ccc(Cn2c3c(c4c5c(ccc42)OCCC5)CCNCC3)cc1. The fraction of sp³-hybridized carbons (Fsp3) is 0.364. The molecule has 0 unspecified atom stereocenters. The molecule has 0 bridgehead atoms. The summed E-state index contributed by atoms with van der Waals surface area (Å²) in [6.07, 6.45) is 4.49. The third-order valence-corrected chi connectivity index (χ3v) is 5.62. The number of aromatic nitrogens is 1. The van der Waals surface area contributed by atoms with Gasteiger partial charge in [0.25, 0.3) is 0 Å². The molecule has 0 saturated carbocycles. The van der Waals surface area contributed by atoms with E-state index < -0.39 is 0 Å². The second kappa shape index (κ2) is 6.23. The normalized spacial score (nSPS) is 16.8. The first kappa shape index (κ1) is 15.0. The van der Waals surface area contributed by atoms with Crippen LogP contribution in [0.25, 0.3) is 10.9 Å². The highest BCUT2D eigenvalue weighted by Gasteiger charge is 2.24. The van der Waals surface area contributed by atoms with E-state index in [0.29, 0.717) is 0 Å². The van der Waals surface area contributed by atoms with Gasteiger partial charge in [-0.15, -0.1) is 0 Å². The second-order valence-corrected chi connectivity index (χ2v) is 7.14. The van der Waals surface area contributed by atoms with Gasteiger partial charge in [0.05, 0.1) is 6.61 Å². The van der Waals surface area contributed by atoms with Gasteiger partial charge < -0.3 is 14.6 Å². The molecule has 3 aromatic rings. The van der Waals surface area contributed by atoms with Crippen LogP contribution >= 0.6 is 0 Å². The molecule has 0 saturated heterocycles. The van der Waals surface area contributed by atoms with Crippen molar-refractivity contribution in [3.05, 3.63) is 64.8 Å². The summed E-state index contributed by atoms with van der Waals surface area (Å²) in [6.45, 7) is 3.94. The van der Waals surface area contributed by atoms with Gasteiger partial charge in [-0.2, -0.15) is 0 Å². The third kappa shape index (κ3) is 2.54. The molecule has 25 heavy (non-hydrogen) atoms. The van der Waals surface area contributed by atoms with Gasteiger partial charge in [0.1, 0.15) is 5.75 Å². The molecule has 0 fully saturated rings. The van der Waals surface area contributed by atoms with E-state index in [1.807, 2.05) is 0 Å². The average molecular weight is 332 g/mol. The Kier molecular flexibility index (Phi) is 3.75. The van der Waals surface area contributed by atoms with E-state index in [-0.39, 0.29) is 0 Å². The molecule has 0 radical (unpaired) electrons. The Balaban J connectivity index is 1.74.